The van der Waals surface area contributed by atoms with Crippen LogP contribution in [0.5, 0.6) is 0 Å². The summed E-state index contributed by atoms with van der Waals surface area (Å²) in [5, 5.41) is 10.6. The Kier molecular flexibility index (Phi) is 0.958. The van der Waals surface area contributed by atoms with E-state index in [9.17, 15) is 4.79 Å². The highest BCUT2D eigenvalue weighted by atomic mass is 16.6. The van der Waals surface area contributed by atoms with Crippen LogP contribution in [0.1, 0.15) is 0 Å². The summed E-state index contributed by atoms with van der Waals surface area (Å²) < 4.78 is 4.36. The van der Waals surface area contributed by atoms with Crippen LogP contribution in [0.25, 0.3) is 0 Å². The van der Waals surface area contributed by atoms with Gasteiger partial charge in [-0.1, -0.05) is 0 Å². The van der Waals surface area contributed by atoms with Gasteiger partial charge in [-0.3, -0.25) is 4.79 Å². The van der Waals surface area contributed by atoms with Crippen molar-refractivity contribution in [2.45, 2.75) is 6.29 Å². The number of aliphatic hydroxyl groups excluding tert-OH is 1. The molecule has 1 atom stereocenters. The molecule has 1 unspecified atom stereocenters. The summed E-state index contributed by atoms with van der Waals surface area (Å²) in [5.74, 6) is -0.458. The van der Waals surface area contributed by atoms with Crippen LogP contribution in [0.2, 0.25) is 0 Å². The maximum Gasteiger partial charge on any atom is 0.278 e. The van der Waals surface area contributed by atoms with E-state index in [1.165, 1.54) is 0 Å². The highest BCUT2D eigenvalue weighted by Crippen LogP contribution is 1.91. The zero-order valence-electron chi connectivity index (χ0n) is 3.55. The minimum absolute atomic E-state index is 0.125. The molecule has 4 nitrogen and oxygen atoms in total. The van der Waals surface area contributed by atoms with Crippen LogP contribution in [0.3, 0.4) is 0 Å². The first-order valence-electron chi connectivity index (χ1n) is 1.88. The molecule has 0 aromatic carbocycles. The van der Waals surface area contributed by atoms with E-state index in [2.05, 4.69) is 10.1 Å². The lowest BCUT2D eigenvalue weighted by atomic mass is 10.6. The summed E-state index contributed by atoms with van der Waals surface area (Å²) in [4.78, 5) is 10.1. The van der Waals surface area contributed by atoms with E-state index in [-0.39, 0.29) is 6.73 Å². The number of hydrogen-bond acceptors (Lipinski definition) is 3. The molecule has 1 amide bonds. The Morgan fingerprint density at radius 2 is 2.71 bits per heavy atom. The van der Waals surface area contributed by atoms with Crippen molar-refractivity contribution in [2.75, 3.05) is 6.73 Å². The molecule has 0 radical (unpaired) electrons. The fourth-order valence-corrected chi connectivity index (χ4v) is 0.355. The molecule has 1 aliphatic heterocycles. The second kappa shape index (κ2) is 1.48. The van der Waals surface area contributed by atoms with Gasteiger partial charge in [-0.25, -0.2) is 0 Å². The zero-order valence-corrected chi connectivity index (χ0v) is 3.55. The van der Waals surface area contributed by atoms with Gasteiger partial charge < -0.3 is 15.2 Å². The fraction of sp³-hybridized carbons (Fsp3) is 0.667. The number of carbonyl (C=O) groups is 1. The summed E-state index contributed by atoms with van der Waals surface area (Å²) in [7, 11) is 0. The monoisotopic (exact) mass is 103 g/mol. The minimum atomic E-state index is -1.24. The number of rotatable bonds is 0. The van der Waals surface area contributed by atoms with Crippen molar-refractivity contribution in [1.29, 1.82) is 0 Å². The predicted octanol–water partition coefficient (Wildman–Crippen LogP) is -1.59. The van der Waals surface area contributed by atoms with E-state index >= 15 is 0 Å². The smallest absolute Gasteiger partial charge is 0.278 e. The molecular weight excluding hydrogens is 98.0 g/mol. The van der Waals surface area contributed by atoms with E-state index in [1.54, 1.807) is 0 Å². The van der Waals surface area contributed by atoms with Crippen LogP contribution in [0, 0.1) is 0 Å². The van der Waals surface area contributed by atoms with Crippen molar-refractivity contribution in [3.8, 4) is 0 Å². The molecule has 0 saturated carbocycles. The standard InChI is InChI=1S/C3H5NO3/c5-2-3(6)7-1-4-2/h3,6H,1H2,(H,4,5). The molecule has 1 fully saturated rings. The molecule has 0 bridgehead atoms. The second-order valence-electron chi connectivity index (χ2n) is 1.20. The van der Waals surface area contributed by atoms with E-state index in [4.69, 9.17) is 5.11 Å². The van der Waals surface area contributed by atoms with E-state index in [0.717, 1.165) is 0 Å². The molecule has 0 aromatic rings. The van der Waals surface area contributed by atoms with Gasteiger partial charge in [-0.05, 0) is 0 Å². The highest BCUT2D eigenvalue weighted by molar-refractivity contribution is 5.80. The fourth-order valence-electron chi connectivity index (χ4n) is 0.355. The van der Waals surface area contributed by atoms with Gasteiger partial charge >= 0.3 is 0 Å². The maximum atomic E-state index is 10.1. The molecular formula is C3H5NO3. The summed E-state index contributed by atoms with van der Waals surface area (Å²) >= 11 is 0. The summed E-state index contributed by atoms with van der Waals surface area (Å²) in [5.41, 5.74) is 0. The first-order valence-corrected chi connectivity index (χ1v) is 1.88. The van der Waals surface area contributed by atoms with Gasteiger partial charge in [0.05, 0.1) is 0 Å². The molecule has 0 aliphatic carbocycles. The number of ether oxygens (including phenoxy) is 1. The molecule has 1 heterocycles. The van der Waals surface area contributed by atoms with Crippen LogP contribution in [-0.2, 0) is 9.53 Å². The Morgan fingerprint density at radius 3 is 2.86 bits per heavy atom. The molecule has 1 saturated heterocycles. The number of nitrogens with one attached hydrogen (secondary N) is 1. The van der Waals surface area contributed by atoms with Gasteiger partial charge in [-0.2, -0.15) is 0 Å². The number of carbonyl (C=O) groups excluding carboxylic acids is 1. The van der Waals surface area contributed by atoms with Gasteiger partial charge in [0.1, 0.15) is 6.73 Å². The Morgan fingerprint density at radius 1 is 2.00 bits per heavy atom. The highest BCUT2D eigenvalue weighted by Gasteiger charge is 2.20. The van der Waals surface area contributed by atoms with E-state index in [1.807, 2.05) is 0 Å². The van der Waals surface area contributed by atoms with Crippen LogP contribution in [0.15, 0.2) is 0 Å². The topological polar surface area (TPSA) is 58.6 Å². The van der Waals surface area contributed by atoms with Gasteiger partial charge in [0.2, 0.25) is 6.29 Å². The van der Waals surface area contributed by atoms with Crippen molar-refractivity contribution in [3.63, 3.8) is 0 Å². The zero-order chi connectivity index (χ0) is 5.28. The maximum absolute atomic E-state index is 10.1. The van der Waals surface area contributed by atoms with Crippen molar-refractivity contribution in [3.05, 3.63) is 0 Å². The summed E-state index contributed by atoms with van der Waals surface area (Å²) in [6.07, 6.45) is -1.24. The summed E-state index contributed by atoms with van der Waals surface area (Å²) in [6.45, 7) is 0.125. The average Bonchev–Trinajstić information content (AvgIpc) is 1.91. The minimum Gasteiger partial charge on any atom is -0.360 e. The normalized spacial score (nSPS) is 30.4. The first kappa shape index (κ1) is 4.55. The van der Waals surface area contributed by atoms with Crippen molar-refractivity contribution >= 4 is 5.91 Å². The molecule has 7 heavy (non-hydrogen) atoms. The molecule has 40 valence electrons. The Bertz CT molecular complexity index is 92.2. The number of hydrogen-bond donors (Lipinski definition) is 2. The van der Waals surface area contributed by atoms with Crippen molar-refractivity contribution in [1.82, 2.24) is 5.32 Å². The summed E-state index contributed by atoms with van der Waals surface area (Å²) in [6, 6.07) is 0. The Hall–Kier alpha value is -0.610. The SMILES string of the molecule is O=C1NCOC1O. The van der Waals surface area contributed by atoms with Gasteiger partial charge in [0.25, 0.3) is 5.91 Å². The average molecular weight is 103 g/mol. The molecule has 1 aliphatic rings. The Balaban J connectivity index is 2.48. The van der Waals surface area contributed by atoms with Gasteiger partial charge in [-0.15, -0.1) is 0 Å². The third-order valence-electron chi connectivity index (χ3n) is 0.712. The lowest BCUT2D eigenvalue weighted by Gasteiger charge is -1.90. The van der Waals surface area contributed by atoms with Crippen LogP contribution in [-0.4, -0.2) is 24.0 Å². The quantitative estimate of drug-likeness (QED) is 0.388. The number of amides is 1. The van der Waals surface area contributed by atoms with Crippen LogP contribution < -0.4 is 5.32 Å². The largest absolute Gasteiger partial charge is 0.360 e. The van der Waals surface area contributed by atoms with Gasteiger partial charge in [0.15, 0.2) is 0 Å². The van der Waals surface area contributed by atoms with Crippen molar-refractivity contribution < 1.29 is 14.6 Å². The first-order chi connectivity index (χ1) is 3.30. The number of aliphatic hydroxyl groups is 1. The Labute approximate surface area is 40.1 Å². The van der Waals surface area contributed by atoms with Gasteiger partial charge in [0, 0.05) is 0 Å². The van der Waals surface area contributed by atoms with E-state index in [0.29, 0.717) is 0 Å². The second-order valence-corrected chi connectivity index (χ2v) is 1.20. The van der Waals surface area contributed by atoms with Crippen molar-refractivity contribution in [2.24, 2.45) is 0 Å². The predicted molar refractivity (Wildman–Crippen MR) is 20.1 cm³/mol. The lowest BCUT2D eigenvalue weighted by molar-refractivity contribution is -0.139. The molecule has 2 N–H and O–H groups in total. The third-order valence-corrected chi connectivity index (χ3v) is 0.712. The molecule has 0 aromatic heterocycles. The molecule has 4 heteroatoms. The van der Waals surface area contributed by atoms with E-state index < -0.39 is 12.2 Å². The molecule has 1 rings (SSSR count). The lowest BCUT2D eigenvalue weighted by Crippen LogP contribution is -2.22. The third kappa shape index (κ3) is 0.703. The van der Waals surface area contributed by atoms with Crippen LogP contribution in [0.4, 0.5) is 0 Å². The van der Waals surface area contributed by atoms with Crippen LogP contribution >= 0.6 is 0 Å². The molecule has 0 spiro atoms.